The summed E-state index contributed by atoms with van der Waals surface area (Å²) in [6, 6.07) is 4.06. The summed E-state index contributed by atoms with van der Waals surface area (Å²) < 4.78 is 0.424. The lowest BCUT2D eigenvalue weighted by molar-refractivity contribution is -0.384. The summed E-state index contributed by atoms with van der Waals surface area (Å²) in [7, 11) is 0. The van der Waals surface area contributed by atoms with E-state index in [-0.39, 0.29) is 11.6 Å². The monoisotopic (exact) mass is 340 g/mol. The predicted molar refractivity (Wildman–Crippen MR) is 88.2 cm³/mol. The van der Waals surface area contributed by atoms with Crippen molar-refractivity contribution in [3.05, 3.63) is 56.5 Å². The van der Waals surface area contributed by atoms with Gasteiger partial charge >= 0.3 is 0 Å². The Kier molecular flexibility index (Phi) is 4.76. The number of non-ortho nitro benzene ring substituents is 1. The van der Waals surface area contributed by atoms with Crippen LogP contribution in [-0.4, -0.2) is 26.6 Å². The van der Waals surface area contributed by atoms with E-state index in [4.69, 9.17) is 23.8 Å². The first-order chi connectivity index (χ1) is 9.93. The molecule has 0 bridgehead atoms. The summed E-state index contributed by atoms with van der Waals surface area (Å²) in [5.41, 5.74) is 0.317. The summed E-state index contributed by atoms with van der Waals surface area (Å²) in [6.07, 6.45) is 3.09. The molecule has 0 N–H and O–H groups in total. The second-order valence-electron chi connectivity index (χ2n) is 4.04. The van der Waals surface area contributed by atoms with Gasteiger partial charge in [0.05, 0.1) is 9.83 Å². The molecule has 0 aliphatic carbocycles. The van der Waals surface area contributed by atoms with Crippen molar-refractivity contribution in [3.8, 4) is 0 Å². The van der Waals surface area contributed by atoms with Crippen molar-refractivity contribution in [2.45, 2.75) is 0 Å². The molecule has 1 fully saturated rings. The Hall–Kier alpha value is -1.70. The van der Waals surface area contributed by atoms with E-state index in [9.17, 15) is 14.9 Å². The topological polar surface area (TPSA) is 63.5 Å². The number of thioether (sulfide) groups is 1. The van der Waals surface area contributed by atoms with E-state index in [1.807, 2.05) is 0 Å². The van der Waals surface area contributed by atoms with Gasteiger partial charge in [-0.1, -0.05) is 41.7 Å². The molecule has 0 unspecified atom stereocenters. The zero-order chi connectivity index (χ0) is 15.6. The molecule has 1 aliphatic heterocycles. The van der Waals surface area contributed by atoms with Crippen LogP contribution in [0.5, 0.6) is 0 Å². The van der Waals surface area contributed by atoms with Gasteiger partial charge in [0.25, 0.3) is 11.6 Å². The normalized spacial score (nSPS) is 16.6. The van der Waals surface area contributed by atoms with E-state index in [1.54, 1.807) is 6.08 Å². The van der Waals surface area contributed by atoms with E-state index >= 15 is 0 Å². The Morgan fingerprint density at radius 3 is 2.86 bits per heavy atom. The van der Waals surface area contributed by atoms with Crippen molar-refractivity contribution in [1.82, 2.24) is 4.90 Å². The fraction of sp³-hybridized carbons (Fsp3) is 0.0769. The quantitative estimate of drug-likeness (QED) is 0.275. The third-order valence-corrected chi connectivity index (χ3v) is 4.38. The first-order valence-corrected chi connectivity index (χ1v) is 7.34. The smallest absolute Gasteiger partial charge is 0.270 e. The minimum absolute atomic E-state index is 0.0905. The number of halogens is 1. The van der Waals surface area contributed by atoms with Crippen molar-refractivity contribution in [1.29, 1.82) is 0 Å². The van der Waals surface area contributed by atoms with Crippen LogP contribution in [0.25, 0.3) is 6.08 Å². The lowest BCUT2D eigenvalue weighted by Crippen LogP contribution is -2.27. The highest BCUT2D eigenvalue weighted by Gasteiger charge is 2.31. The van der Waals surface area contributed by atoms with Crippen molar-refractivity contribution < 1.29 is 9.72 Å². The molecule has 1 heterocycles. The van der Waals surface area contributed by atoms with Crippen LogP contribution in [0, 0.1) is 10.1 Å². The lowest BCUT2D eigenvalue weighted by Gasteiger charge is -2.10. The molecule has 1 aromatic carbocycles. The summed E-state index contributed by atoms with van der Waals surface area (Å²) in [5, 5.41) is 11.1. The minimum atomic E-state index is -0.517. The number of hydrogen-bond donors (Lipinski definition) is 0. The van der Waals surface area contributed by atoms with Crippen molar-refractivity contribution >= 4 is 57.6 Å². The highest BCUT2D eigenvalue weighted by Crippen LogP contribution is 2.34. The standard InChI is InChI=1S/C13H9ClN2O3S2/c1-2-5-15-12(17)11(21-13(15)20)7-8-6-9(16(18)19)3-4-10(8)14/h2-4,6-7H,1,5H2/b11-7-. The van der Waals surface area contributed by atoms with Gasteiger partial charge in [-0.05, 0) is 12.1 Å². The molecule has 21 heavy (non-hydrogen) atoms. The molecule has 108 valence electrons. The maximum absolute atomic E-state index is 12.2. The fourth-order valence-electron chi connectivity index (χ4n) is 1.68. The van der Waals surface area contributed by atoms with Crippen LogP contribution >= 0.6 is 35.6 Å². The molecule has 5 nitrogen and oxygen atoms in total. The van der Waals surface area contributed by atoms with E-state index in [1.165, 1.54) is 29.2 Å². The maximum Gasteiger partial charge on any atom is 0.270 e. The summed E-state index contributed by atoms with van der Waals surface area (Å²) in [4.78, 5) is 24.2. The number of hydrogen-bond acceptors (Lipinski definition) is 5. The average Bonchev–Trinajstić information content (AvgIpc) is 2.69. The molecule has 1 saturated heterocycles. The minimum Gasteiger partial charge on any atom is -0.289 e. The van der Waals surface area contributed by atoms with Gasteiger partial charge in [0.1, 0.15) is 4.32 Å². The van der Waals surface area contributed by atoms with Gasteiger partial charge < -0.3 is 0 Å². The number of amides is 1. The number of benzene rings is 1. The number of rotatable bonds is 4. The number of nitro benzene ring substituents is 1. The fourth-order valence-corrected chi connectivity index (χ4v) is 3.12. The molecule has 1 aliphatic rings. The predicted octanol–water partition coefficient (Wildman–Crippen LogP) is 3.64. The van der Waals surface area contributed by atoms with Crippen LogP contribution in [0.15, 0.2) is 35.8 Å². The third-order valence-electron chi connectivity index (χ3n) is 2.66. The van der Waals surface area contributed by atoms with Crippen LogP contribution in [0.2, 0.25) is 5.02 Å². The van der Waals surface area contributed by atoms with Gasteiger partial charge in [0.15, 0.2) is 0 Å². The number of carbonyl (C=O) groups excluding carboxylic acids is 1. The van der Waals surface area contributed by atoms with Gasteiger partial charge in [0.2, 0.25) is 0 Å². The van der Waals surface area contributed by atoms with Crippen LogP contribution in [0.4, 0.5) is 5.69 Å². The van der Waals surface area contributed by atoms with Gasteiger partial charge in [-0.15, -0.1) is 6.58 Å². The number of carbonyl (C=O) groups is 1. The molecule has 0 radical (unpaired) electrons. The lowest BCUT2D eigenvalue weighted by atomic mass is 10.2. The Balaban J connectivity index is 2.38. The van der Waals surface area contributed by atoms with Crippen LogP contribution < -0.4 is 0 Å². The Morgan fingerprint density at radius 1 is 1.52 bits per heavy atom. The van der Waals surface area contributed by atoms with Crippen molar-refractivity contribution in [2.24, 2.45) is 0 Å². The van der Waals surface area contributed by atoms with Crippen molar-refractivity contribution in [2.75, 3.05) is 6.54 Å². The van der Waals surface area contributed by atoms with Gasteiger partial charge in [-0.3, -0.25) is 19.8 Å². The molecule has 0 aromatic heterocycles. The number of nitro groups is 1. The second kappa shape index (κ2) is 6.38. The van der Waals surface area contributed by atoms with E-state index in [2.05, 4.69) is 6.58 Å². The summed E-state index contributed by atoms with van der Waals surface area (Å²) >= 11 is 12.3. The molecule has 8 heteroatoms. The largest absolute Gasteiger partial charge is 0.289 e. The molecule has 0 spiro atoms. The van der Waals surface area contributed by atoms with Gasteiger partial charge in [-0.25, -0.2) is 0 Å². The SMILES string of the molecule is C=CCN1C(=O)/C(=C/c2cc([N+](=O)[O-])ccc2Cl)SC1=S. The first kappa shape index (κ1) is 15.7. The average molecular weight is 341 g/mol. The zero-order valence-corrected chi connectivity index (χ0v) is 13.0. The first-order valence-electron chi connectivity index (χ1n) is 5.74. The Bertz CT molecular complexity index is 688. The number of thiocarbonyl (C=S) groups is 1. The molecule has 0 atom stereocenters. The second-order valence-corrected chi connectivity index (χ2v) is 6.13. The summed E-state index contributed by atoms with van der Waals surface area (Å²) in [5.74, 6) is -0.257. The van der Waals surface area contributed by atoms with Crippen LogP contribution in [-0.2, 0) is 4.79 Å². The zero-order valence-electron chi connectivity index (χ0n) is 10.6. The maximum atomic E-state index is 12.2. The molecule has 0 saturated carbocycles. The number of nitrogens with zero attached hydrogens (tertiary/aromatic N) is 2. The van der Waals surface area contributed by atoms with Gasteiger partial charge in [0, 0.05) is 29.3 Å². The van der Waals surface area contributed by atoms with Gasteiger partial charge in [-0.2, -0.15) is 0 Å². The molecule has 1 aromatic rings. The Morgan fingerprint density at radius 2 is 2.24 bits per heavy atom. The van der Waals surface area contributed by atoms with Crippen molar-refractivity contribution in [3.63, 3.8) is 0 Å². The highest BCUT2D eigenvalue weighted by atomic mass is 35.5. The Labute approximate surface area is 135 Å². The van der Waals surface area contributed by atoms with E-state index in [0.29, 0.717) is 26.4 Å². The molecular weight excluding hydrogens is 332 g/mol. The molecule has 1 amide bonds. The third kappa shape index (κ3) is 3.31. The van der Waals surface area contributed by atoms with Crippen LogP contribution in [0.1, 0.15) is 5.56 Å². The summed E-state index contributed by atoms with van der Waals surface area (Å²) in [6.45, 7) is 3.89. The highest BCUT2D eigenvalue weighted by molar-refractivity contribution is 8.26. The van der Waals surface area contributed by atoms with Crippen LogP contribution in [0.3, 0.4) is 0 Å². The van der Waals surface area contributed by atoms with E-state index < -0.39 is 4.92 Å². The molecule has 2 rings (SSSR count). The van der Waals surface area contributed by atoms with E-state index in [0.717, 1.165) is 11.8 Å². The molecular formula is C13H9ClN2O3S2.